The van der Waals surface area contributed by atoms with E-state index in [1.807, 2.05) is 18.2 Å². The van der Waals surface area contributed by atoms with E-state index < -0.39 is 11.9 Å². The van der Waals surface area contributed by atoms with Crippen LogP contribution in [0.5, 0.6) is 5.75 Å². The number of phenols is 1. The lowest BCUT2D eigenvalue weighted by molar-refractivity contribution is 0.0995. The van der Waals surface area contributed by atoms with Crippen molar-refractivity contribution < 1.29 is 24.5 Å². The van der Waals surface area contributed by atoms with Gasteiger partial charge in [-0.1, -0.05) is 12.1 Å². The SMILES string of the molecule is Cc1cc(F)c(Nc2ccnc3c2C(=O)Cc2cc(CN4CC(O)C(NCCO)C4)ccc2N3)cc1O. The first-order valence-electron chi connectivity index (χ1n) is 12.2. The first-order valence-corrected chi connectivity index (χ1v) is 12.2. The first kappa shape index (κ1) is 25.1. The predicted molar refractivity (Wildman–Crippen MR) is 138 cm³/mol. The van der Waals surface area contributed by atoms with Gasteiger partial charge in [0.15, 0.2) is 5.78 Å². The van der Waals surface area contributed by atoms with E-state index in [1.54, 1.807) is 13.0 Å². The van der Waals surface area contributed by atoms with Gasteiger partial charge in [-0.2, -0.15) is 0 Å². The number of phenolic OH excluding ortho intramolecular Hbond substituents is 1. The molecule has 2 aliphatic rings. The molecule has 1 fully saturated rings. The lowest BCUT2D eigenvalue weighted by Crippen LogP contribution is -2.40. The van der Waals surface area contributed by atoms with Crippen molar-refractivity contribution in [2.24, 2.45) is 0 Å². The summed E-state index contributed by atoms with van der Waals surface area (Å²) in [6.45, 7) is 3.86. The lowest BCUT2D eigenvalue weighted by Gasteiger charge is -2.17. The molecule has 3 heterocycles. The highest BCUT2D eigenvalue weighted by molar-refractivity contribution is 6.09. The fourth-order valence-corrected chi connectivity index (χ4v) is 4.95. The number of halogens is 1. The lowest BCUT2D eigenvalue weighted by atomic mass is 10.0. The molecule has 5 rings (SSSR count). The van der Waals surface area contributed by atoms with Gasteiger partial charge in [0.25, 0.3) is 0 Å². The summed E-state index contributed by atoms with van der Waals surface area (Å²) in [4.78, 5) is 19.9. The van der Waals surface area contributed by atoms with Gasteiger partial charge in [0.1, 0.15) is 17.4 Å². The molecule has 0 bridgehead atoms. The zero-order chi connectivity index (χ0) is 26.1. The summed E-state index contributed by atoms with van der Waals surface area (Å²) in [7, 11) is 0. The number of carbonyl (C=O) groups excluding carboxylic acids is 1. The Bertz CT molecular complexity index is 1330. The third kappa shape index (κ3) is 5.28. The third-order valence-corrected chi connectivity index (χ3v) is 6.85. The van der Waals surface area contributed by atoms with Gasteiger partial charge < -0.3 is 31.3 Å². The molecule has 2 aromatic carbocycles. The summed E-state index contributed by atoms with van der Waals surface area (Å²) in [6.07, 6.45) is 1.16. The normalized spacial score (nSPS) is 19.2. The number of pyridine rings is 1. The number of aryl methyl sites for hydroxylation is 1. The Kier molecular flexibility index (Phi) is 7.07. The number of aliphatic hydroxyl groups is 2. The number of aliphatic hydroxyl groups excluding tert-OH is 2. The van der Waals surface area contributed by atoms with Gasteiger partial charge in [0.2, 0.25) is 0 Å². The van der Waals surface area contributed by atoms with Gasteiger partial charge in [-0.05, 0) is 41.8 Å². The predicted octanol–water partition coefficient (Wildman–Crippen LogP) is 2.59. The molecule has 3 aromatic rings. The topological polar surface area (TPSA) is 130 Å². The van der Waals surface area contributed by atoms with Crippen molar-refractivity contribution in [1.82, 2.24) is 15.2 Å². The molecule has 2 unspecified atom stereocenters. The van der Waals surface area contributed by atoms with Crippen molar-refractivity contribution in [1.29, 1.82) is 0 Å². The van der Waals surface area contributed by atoms with Crippen molar-refractivity contribution in [3.05, 3.63) is 70.7 Å². The van der Waals surface area contributed by atoms with E-state index in [0.717, 1.165) is 16.8 Å². The van der Waals surface area contributed by atoms with Crippen molar-refractivity contribution in [2.75, 3.05) is 36.9 Å². The largest absolute Gasteiger partial charge is 0.508 e. The fourth-order valence-electron chi connectivity index (χ4n) is 4.95. The van der Waals surface area contributed by atoms with Crippen molar-refractivity contribution >= 4 is 28.7 Å². The van der Waals surface area contributed by atoms with Crippen LogP contribution in [0.3, 0.4) is 0 Å². The molecule has 0 radical (unpaired) electrons. The highest BCUT2D eigenvalue weighted by atomic mass is 19.1. The van der Waals surface area contributed by atoms with Crippen LogP contribution < -0.4 is 16.0 Å². The van der Waals surface area contributed by atoms with Crippen molar-refractivity contribution in [3.8, 4) is 5.75 Å². The third-order valence-electron chi connectivity index (χ3n) is 6.85. The molecule has 1 aromatic heterocycles. The Morgan fingerprint density at radius 3 is 2.84 bits per heavy atom. The van der Waals surface area contributed by atoms with Crippen LogP contribution in [-0.4, -0.2) is 69.4 Å². The number of rotatable bonds is 7. The molecule has 194 valence electrons. The summed E-state index contributed by atoms with van der Waals surface area (Å²) >= 11 is 0. The van der Waals surface area contributed by atoms with Gasteiger partial charge in [-0.15, -0.1) is 0 Å². The number of hydrogen-bond donors (Lipinski definition) is 6. The summed E-state index contributed by atoms with van der Waals surface area (Å²) in [5.74, 6) is -0.382. The van der Waals surface area contributed by atoms with Crippen LogP contribution in [0.15, 0.2) is 42.6 Å². The van der Waals surface area contributed by atoms with Crippen LogP contribution >= 0.6 is 0 Å². The number of carbonyl (C=O) groups is 1. The second-order valence-corrected chi connectivity index (χ2v) is 9.59. The number of nitrogens with one attached hydrogen (secondary N) is 3. The monoisotopic (exact) mass is 507 g/mol. The van der Waals surface area contributed by atoms with Crippen LogP contribution in [0.2, 0.25) is 0 Å². The number of aromatic nitrogens is 1. The zero-order valence-electron chi connectivity index (χ0n) is 20.5. The van der Waals surface area contributed by atoms with Gasteiger partial charge in [0, 0.05) is 56.6 Å². The second kappa shape index (κ2) is 10.4. The van der Waals surface area contributed by atoms with E-state index in [4.69, 9.17) is 5.11 Å². The van der Waals surface area contributed by atoms with Gasteiger partial charge in [-0.25, -0.2) is 9.37 Å². The van der Waals surface area contributed by atoms with Crippen LogP contribution in [0, 0.1) is 12.7 Å². The number of aromatic hydroxyl groups is 1. The average molecular weight is 508 g/mol. The summed E-state index contributed by atoms with van der Waals surface area (Å²) in [5, 5.41) is 38.7. The van der Waals surface area contributed by atoms with Crippen molar-refractivity contribution in [2.45, 2.75) is 32.0 Å². The highest BCUT2D eigenvalue weighted by Crippen LogP contribution is 2.35. The number of hydrogen-bond acceptors (Lipinski definition) is 9. The number of ketones is 1. The molecule has 2 aliphatic heterocycles. The van der Waals surface area contributed by atoms with Crippen LogP contribution in [0.4, 0.5) is 27.3 Å². The average Bonchev–Trinajstić information content (AvgIpc) is 3.13. The number of nitrogens with zero attached hydrogens (tertiary/aromatic N) is 2. The molecule has 2 atom stereocenters. The van der Waals surface area contributed by atoms with E-state index >= 15 is 0 Å². The standard InChI is InChI=1S/C27H30FN5O4/c1-15-8-18(28)21(11-23(15)35)31-20-4-5-30-27-26(20)24(36)10-17-9-16(2-3-19(17)32-27)12-33-13-22(25(37)14-33)29-6-7-34/h2-5,8-9,11,22,25,29,34-35,37H,6-7,10,12-14H2,1H3,(H2,30,31,32). The molecule has 37 heavy (non-hydrogen) atoms. The maximum Gasteiger partial charge on any atom is 0.173 e. The van der Waals surface area contributed by atoms with E-state index in [9.17, 15) is 19.4 Å². The molecule has 0 saturated carbocycles. The number of benzene rings is 2. The smallest absolute Gasteiger partial charge is 0.173 e. The minimum atomic E-state index is -0.538. The number of fused-ring (bicyclic) bond motifs is 2. The number of Topliss-reactive ketones (excluding diaryl/α,β-unsaturated/α-hetero) is 1. The van der Waals surface area contributed by atoms with E-state index in [2.05, 4.69) is 25.8 Å². The highest BCUT2D eigenvalue weighted by Gasteiger charge is 2.31. The zero-order valence-corrected chi connectivity index (χ0v) is 20.5. The molecule has 0 aliphatic carbocycles. The maximum absolute atomic E-state index is 14.5. The molecular formula is C27H30FN5O4. The maximum atomic E-state index is 14.5. The van der Waals surface area contributed by atoms with Gasteiger partial charge in [0.05, 0.1) is 29.6 Å². The molecule has 1 saturated heterocycles. The number of β-amino-alcohol motifs (C(OH)–C–C–N with tert-alkyl or cyclic N) is 1. The van der Waals surface area contributed by atoms with Crippen LogP contribution in [0.25, 0.3) is 0 Å². The fraction of sp³-hybridized carbons (Fsp3) is 0.333. The molecule has 6 N–H and O–H groups in total. The Morgan fingerprint density at radius 1 is 1.19 bits per heavy atom. The van der Waals surface area contributed by atoms with E-state index in [1.165, 1.54) is 18.3 Å². The molecule has 0 spiro atoms. The Balaban J connectivity index is 1.36. The number of anilines is 4. The van der Waals surface area contributed by atoms with E-state index in [-0.39, 0.29) is 36.3 Å². The van der Waals surface area contributed by atoms with Crippen LogP contribution in [0.1, 0.15) is 27.0 Å². The van der Waals surface area contributed by atoms with Gasteiger partial charge in [-0.3, -0.25) is 9.69 Å². The summed E-state index contributed by atoms with van der Waals surface area (Å²) < 4.78 is 14.5. The summed E-state index contributed by atoms with van der Waals surface area (Å²) in [6, 6.07) is 9.93. The van der Waals surface area contributed by atoms with Crippen LogP contribution in [-0.2, 0) is 13.0 Å². The van der Waals surface area contributed by atoms with E-state index in [0.29, 0.717) is 48.8 Å². The van der Waals surface area contributed by atoms with Gasteiger partial charge >= 0.3 is 0 Å². The minimum absolute atomic E-state index is 0.0198. The minimum Gasteiger partial charge on any atom is -0.508 e. The Labute approximate surface area is 214 Å². The Morgan fingerprint density at radius 2 is 2.03 bits per heavy atom. The van der Waals surface area contributed by atoms with Crippen molar-refractivity contribution in [3.63, 3.8) is 0 Å². The Hall–Kier alpha value is -3.57. The molecule has 10 heteroatoms. The molecule has 0 amide bonds. The summed E-state index contributed by atoms with van der Waals surface area (Å²) in [5.41, 5.74) is 3.79. The molecular weight excluding hydrogens is 477 g/mol. The molecule has 9 nitrogen and oxygen atoms in total. The first-order chi connectivity index (χ1) is 17.8. The second-order valence-electron chi connectivity index (χ2n) is 9.59. The quantitative estimate of drug-likeness (QED) is 0.286. The number of likely N-dealkylation sites (tertiary alicyclic amines) is 1.